The fourth-order valence-electron chi connectivity index (χ4n) is 1.60. The number of rotatable bonds is 4. The summed E-state index contributed by atoms with van der Waals surface area (Å²) in [5, 5.41) is 3.15. The van der Waals surface area contributed by atoms with Gasteiger partial charge in [0, 0.05) is 12.1 Å². The summed E-state index contributed by atoms with van der Waals surface area (Å²) in [5.74, 6) is -0.973. The molecule has 0 saturated carbocycles. The molecule has 2 nitrogen and oxygen atoms in total. The van der Waals surface area contributed by atoms with Gasteiger partial charge in [-0.05, 0) is 36.8 Å². The van der Waals surface area contributed by atoms with Crippen molar-refractivity contribution in [2.75, 3.05) is 11.9 Å². The lowest BCUT2D eigenvalue weighted by atomic mass is 10.1. The van der Waals surface area contributed by atoms with E-state index in [4.69, 9.17) is 0 Å². The van der Waals surface area contributed by atoms with Crippen LogP contribution in [0.5, 0.6) is 0 Å². The molecule has 0 atom stereocenters. The second kappa shape index (κ2) is 5.58. The summed E-state index contributed by atoms with van der Waals surface area (Å²) in [6.07, 6.45) is 0.997. The molecular weight excluding hydrogens is 234 g/mol. The van der Waals surface area contributed by atoms with E-state index >= 15 is 0 Å². The lowest BCUT2D eigenvalue weighted by molar-refractivity contribution is 0.509. The molecule has 1 aromatic carbocycles. The molecule has 0 spiro atoms. The third-order valence-electron chi connectivity index (χ3n) is 2.52. The number of aromatic nitrogens is 1. The quantitative estimate of drug-likeness (QED) is 0.889. The maximum atomic E-state index is 13.1. The molecule has 0 aliphatic heterocycles. The molecule has 1 aromatic heterocycles. The summed E-state index contributed by atoms with van der Waals surface area (Å²) in [4.78, 5) is 4.35. The normalized spacial score (nSPS) is 10.4. The number of anilines is 1. The van der Waals surface area contributed by atoms with Crippen LogP contribution in [-0.4, -0.2) is 11.5 Å². The molecule has 0 saturated heterocycles. The van der Waals surface area contributed by atoms with Gasteiger partial charge in [0.15, 0.2) is 11.6 Å². The van der Waals surface area contributed by atoms with E-state index in [1.165, 1.54) is 6.07 Å². The van der Waals surface area contributed by atoms with E-state index in [1.54, 1.807) is 6.07 Å². The van der Waals surface area contributed by atoms with Gasteiger partial charge in [-0.2, -0.15) is 0 Å². The fraction of sp³-hybridized carbons (Fsp3) is 0.214. The highest BCUT2D eigenvalue weighted by atomic mass is 19.2. The highest BCUT2D eigenvalue weighted by Gasteiger charge is 2.06. The van der Waals surface area contributed by atoms with Gasteiger partial charge in [0.1, 0.15) is 5.82 Å². The smallest absolute Gasteiger partial charge is 0.159 e. The minimum Gasteiger partial charge on any atom is -0.370 e. The molecule has 0 radical (unpaired) electrons. The van der Waals surface area contributed by atoms with Crippen molar-refractivity contribution >= 4 is 5.82 Å². The monoisotopic (exact) mass is 248 g/mol. The van der Waals surface area contributed by atoms with Gasteiger partial charge < -0.3 is 5.32 Å². The third kappa shape index (κ3) is 2.83. The number of hydrogen-bond acceptors (Lipinski definition) is 2. The number of nitrogens with one attached hydrogen (secondary N) is 1. The Morgan fingerprint density at radius 3 is 2.67 bits per heavy atom. The van der Waals surface area contributed by atoms with Crippen LogP contribution in [0.4, 0.5) is 14.6 Å². The summed E-state index contributed by atoms with van der Waals surface area (Å²) in [6.45, 7) is 2.89. The highest BCUT2D eigenvalue weighted by molar-refractivity contribution is 5.61. The molecule has 0 aliphatic carbocycles. The summed E-state index contributed by atoms with van der Waals surface area (Å²) < 4.78 is 26.0. The van der Waals surface area contributed by atoms with Crippen molar-refractivity contribution in [3.63, 3.8) is 0 Å². The Bertz CT molecular complexity index is 541. The molecular formula is C14H14F2N2. The molecule has 0 amide bonds. The number of halogens is 2. The van der Waals surface area contributed by atoms with Crippen LogP contribution in [0.15, 0.2) is 36.4 Å². The van der Waals surface area contributed by atoms with Gasteiger partial charge in [0.2, 0.25) is 0 Å². The molecule has 0 bridgehead atoms. The zero-order valence-corrected chi connectivity index (χ0v) is 10.1. The first-order chi connectivity index (χ1) is 8.70. The van der Waals surface area contributed by atoms with Crippen molar-refractivity contribution in [3.8, 4) is 11.3 Å². The Hall–Kier alpha value is -1.97. The highest BCUT2D eigenvalue weighted by Crippen LogP contribution is 2.21. The molecule has 18 heavy (non-hydrogen) atoms. The van der Waals surface area contributed by atoms with Crippen molar-refractivity contribution in [1.29, 1.82) is 0 Å². The molecule has 0 aliphatic rings. The van der Waals surface area contributed by atoms with Gasteiger partial charge in [-0.25, -0.2) is 13.8 Å². The zero-order valence-electron chi connectivity index (χ0n) is 10.1. The van der Waals surface area contributed by atoms with Crippen molar-refractivity contribution in [2.45, 2.75) is 13.3 Å². The van der Waals surface area contributed by atoms with Crippen LogP contribution < -0.4 is 5.32 Å². The SMILES string of the molecule is CCCNc1cccc(-c2ccc(F)c(F)c2)n1. The first-order valence-electron chi connectivity index (χ1n) is 5.87. The molecule has 2 rings (SSSR count). The van der Waals surface area contributed by atoms with Crippen LogP contribution in [0.25, 0.3) is 11.3 Å². The van der Waals surface area contributed by atoms with Crippen LogP contribution >= 0.6 is 0 Å². The largest absolute Gasteiger partial charge is 0.370 e. The lowest BCUT2D eigenvalue weighted by Crippen LogP contribution is -2.02. The van der Waals surface area contributed by atoms with Gasteiger partial charge in [0.25, 0.3) is 0 Å². The van der Waals surface area contributed by atoms with Crippen LogP contribution in [0, 0.1) is 11.6 Å². The van der Waals surface area contributed by atoms with Gasteiger partial charge in [-0.3, -0.25) is 0 Å². The molecule has 1 heterocycles. The van der Waals surface area contributed by atoms with E-state index in [-0.39, 0.29) is 0 Å². The molecule has 1 N–H and O–H groups in total. The topological polar surface area (TPSA) is 24.9 Å². The third-order valence-corrected chi connectivity index (χ3v) is 2.52. The van der Waals surface area contributed by atoms with E-state index in [1.807, 2.05) is 12.1 Å². The second-order valence-corrected chi connectivity index (χ2v) is 3.96. The fourth-order valence-corrected chi connectivity index (χ4v) is 1.60. The predicted molar refractivity (Wildman–Crippen MR) is 68.4 cm³/mol. The average molecular weight is 248 g/mol. The molecule has 0 unspecified atom stereocenters. The lowest BCUT2D eigenvalue weighted by Gasteiger charge is -2.06. The number of hydrogen-bond donors (Lipinski definition) is 1. The average Bonchev–Trinajstić information content (AvgIpc) is 2.40. The Kier molecular flexibility index (Phi) is 3.87. The number of benzene rings is 1. The molecule has 2 aromatic rings. The van der Waals surface area contributed by atoms with Crippen LogP contribution in [0.1, 0.15) is 13.3 Å². The van der Waals surface area contributed by atoms with Crippen LogP contribution in [-0.2, 0) is 0 Å². The van der Waals surface area contributed by atoms with Crippen LogP contribution in [0.2, 0.25) is 0 Å². The van der Waals surface area contributed by atoms with Crippen molar-refractivity contribution in [1.82, 2.24) is 4.98 Å². The Morgan fingerprint density at radius 2 is 1.94 bits per heavy atom. The van der Waals surface area contributed by atoms with Crippen molar-refractivity contribution in [2.24, 2.45) is 0 Å². The van der Waals surface area contributed by atoms with E-state index in [0.29, 0.717) is 11.3 Å². The van der Waals surface area contributed by atoms with E-state index < -0.39 is 11.6 Å². The summed E-state index contributed by atoms with van der Waals surface area (Å²) in [5.41, 5.74) is 1.18. The molecule has 4 heteroatoms. The maximum absolute atomic E-state index is 13.1. The Morgan fingerprint density at radius 1 is 1.11 bits per heavy atom. The zero-order chi connectivity index (χ0) is 13.0. The number of pyridine rings is 1. The Labute approximate surface area is 105 Å². The van der Waals surface area contributed by atoms with Gasteiger partial charge in [0.05, 0.1) is 5.69 Å². The number of nitrogens with zero attached hydrogens (tertiary/aromatic N) is 1. The minimum atomic E-state index is -0.860. The maximum Gasteiger partial charge on any atom is 0.159 e. The van der Waals surface area contributed by atoms with E-state index in [2.05, 4.69) is 17.2 Å². The first kappa shape index (κ1) is 12.5. The first-order valence-corrected chi connectivity index (χ1v) is 5.87. The predicted octanol–water partition coefficient (Wildman–Crippen LogP) is 3.85. The van der Waals surface area contributed by atoms with Crippen molar-refractivity contribution in [3.05, 3.63) is 48.0 Å². The second-order valence-electron chi connectivity index (χ2n) is 3.96. The van der Waals surface area contributed by atoms with Crippen LogP contribution in [0.3, 0.4) is 0 Å². The van der Waals surface area contributed by atoms with E-state index in [0.717, 1.165) is 30.9 Å². The summed E-state index contributed by atoms with van der Waals surface area (Å²) in [6, 6.07) is 9.23. The van der Waals surface area contributed by atoms with Crippen molar-refractivity contribution < 1.29 is 8.78 Å². The van der Waals surface area contributed by atoms with Gasteiger partial charge in [-0.1, -0.05) is 13.0 Å². The Balaban J connectivity index is 2.29. The van der Waals surface area contributed by atoms with E-state index in [9.17, 15) is 8.78 Å². The minimum absolute atomic E-state index is 0.564. The molecule has 94 valence electrons. The standard InChI is InChI=1S/C14H14F2N2/c1-2-8-17-14-5-3-4-13(18-14)10-6-7-11(15)12(16)9-10/h3-7,9H,2,8H2,1H3,(H,17,18). The van der Waals surface area contributed by atoms with Gasteiger partial charge in [-0.15, -0.1) is 0 Å². The summed E-state index contributed by atoms with van der Waals surface area (Å²) in [7, 11) is 0. The van der Waals surface area contributed by atoms with Gasteiger partial charge >= 0.3 is 0 Å². The summed E-state index contributed by atoms with van der Waals surface area (Å²) >= 11 is 0. The molecule has 0 fully saturated rings.